The quantitative estimate of drug-likeness (QED) is 0.765. The van der Waals surface area contributed by atoms with Gasteiger partial charge in [0.25, 0.3) is 11.8 Å². The van der Waals surface area contributed by atoms with E-state index in [-0.39, 0.29) is 0 Å². The van der Waals surface area contributed by atoms with Crippen molar-refractivity contribution in [3.63, 3.8) is 0 Å². The number of carbonyl (C=O) groups is 1. The molecule has 6 heteroatoms. The number of hydrogen-bond acceptors (Lipinski definition) is 6. The maximum Gasteiger partial charge on any atom is 0.265 e. The molecule has 0 bridgehead atoms. The Bertz CT molecular complexity index is 563. The van der Waals surface area contributed by atoms with Crippen LogP contribution in [-0.4, -0.2) is 37.6 Å². The van der Waals surface area contributed by atoms with E-state index in [0.717, 1.165) is 6.29 Å². The number of ether oxygens (including phenoxy) is 1. The molecule has 0 saturated carbocycles. The van der Waals surface area contributed by atoms with Crippen LogP contribution in [0.4, 0.5) is 5.95 Å². The lowest BCUT2D eigenvalue weighted by Crippen LogP contribution is -2.10. The second kappa shape index (κ2) is 4.87. The summed E-state index contributed by atoms with van der Waals surface area (Å²) >= 11 is 0. The van der Waals surface area contributed by atoms with Crippen molar-refractivity contribution in [1.82, 2.24) is 10.1 Å². The van der Waals surface area contributed by atoms with Gasteiger partial charge in [0.1, 0.15) is 12.0 Å². The van der Waals surface area contributed by atoms with Crippen LogP contribution in [0.1, 0.15) is 10.4 Å². The maximum absolute atomic E-state index is 10.8. The zero-order chi connectivity index (χ0) is 13.1. The Hall–Kier alpha value is -2.37. The minimum Gasteiger partial charge on any atom is -0.497 e. The third-order valence-electron chi connectivity index (χ3n) is 2.36. The number of benzene rings is 1. The molecule has 0 aliphatic heterocycles. The van der Waals surface area contributed by atoms with E-state index < -0.39 is 0 Å². The van der Waals surface area contributed by atoms with Crippen LogP contribution < -0.4 is 9.64 Å². The molecule has 0 N–H and O–H groups in total. The van der Waals surface area contributed by atoms with Crippen LogP contribution in [-0.2, 0) is 0 Å². The van der Waals surface area contributed by atoms with Gasteiger partial charge >= 0.3 is 0 Å². The molecular weight excluding hydrogens is 234 g/mol. The molecule has 0 amide bonds. The van der Waals surface area contributed by atoms with Crippen LogP contribution in [0.5, 0.6) is 5.75 Å². The van der Waals surface area contributed by atoms with Crippen molar-refractivity contribution >= 4 is 12.2 Å². The average Bonchev–Trinajstić information content (AvgIpc) is 2.87. The Labute approximate surface area is 104 Å². The zero-order valence-corrected chi connectivity index (χ0v) is 10.4. The smallest absolute Gasteiger partial charge is 0.265 e. The molecule has 94 valence electrons. The van der Waals surface area contributed by atoms with Crippen molar-refractivity contribution in [1.29, 1.82) is 0 Å². The number of nitrogens with zero attached hydrogens (tertiary/aromatic N) is 3. The summed E-state index contributed by atoms with van der Waals surface area (Å²) in [4.78, 5) is 16.8. The van der Waals surface area contributed by atoms with E-state index in [0.29, 0.717) is 28.7 Å². The first-order valence-corrected chi connectivity index (χ1v) is 5.29. The van der Waals surface area contributed by atoms with Crippen LogP contribution in [0, 0.1) is 0 Å². The second-order valence-electron chi connectivity index (χ2n) is 3.91. The highest BCUT2D eigenvalue weighted by molar-refractivity contribution is 5.79. The van der Waals surface area contributed by atoms with Gasteiger partial charge in [0.15, 0.2) is 0 Å². The Morgan fingerprint density at radius 1 is 1.33 bits per heavy atom. The number of methoxy groups -OCH3 is 1. The van der Waals surface area contributed by atoms with E-state index in [4.69, 9.17) is 9.26 Å². The highest BCUT2D eigenvalue weighted by Crippen LogP contribution is 2.25. The van der Waals surface area contributed by atoms with E-state index in [1.165, 1.54) is 7.11 Å². The lowest BCUT2D eigenvalue weighted by molar-refractivity contribution is 0.112. The normalized spacial score (nSPS) is 10.2. The predicted octanol–water partition coefficient (Wildman–Crippen LogP) is 1.62. The molecule has 0 atom stereocenters. The molecule has 0 saturated heterocycles. The summed E-state index contributed by atoms with van der Waals surface area (Å²) in [5.74, 6) is 1.39. The van der Waals surface area contributed by atoms with Gasteiger partial charge < -0.3 is 14.2 Å². The van der Waals surface area contributed by atoms with Gasteiger partial charge in [-0.2, -0.15) is 4.98 Å². The predicted molar refractivity (Wildman–Crippen MR) is 66.0 cm³/mol. The molecule has 6 nitrogen and oxygen atoms in total. The van der Waals surface area contributed by atoms with Crippen LogP contribution in [0.15, 0.2) is 22.7 Å². The topological polar surface area (TPSA) is 68.5 Å². The third kappa shape index (κ3) is 2.32. The summed E-state index contributed by atoms with van der Waals surface area (Å²) in [6.45, 7) is 0. The first kappa shape index (κ1) is 12.1. The largest absolute Gasteiger partial charge is 0.497 e. The van der Waals surface area contributed by atoms with Gasteiger partial charge in [-0.1, -0.05) is 0 Å². The van der Waals surface area contributed by atoms with Crippen molar-refractivity contribution in [2.24, 2.45) is 0 Å². The summed E-state index contributed by atoms with van der Waals surface area (Å²) in [6.07, 6.45) is 0.745. The molecule has 1 heterocycles. The minimum atomic E-state index is 0.348. The number of carbonyl (C=O) groups excluding carboxylic acids is 1. The molecule has 18 heavy (non-hydrogen) atoms. The molecule has 1 aromatic carbocycles. The lowest BCUT2D eigenvalue weighted by atomic mass is 10.1. The monoisotopic (exact) mass is 247 g/mol. The Morgan fingerprint density at radius 2 is 2.11 bits per heavy atom. The number of anilines is 1. The summed E-state index contributed by atoms with van der Waals surface area (Å²) in [5, 5.41) is 3.81. The average molecular weight is 247 g/mol. The fourth-order valence-electron chi connectivity index (χ4n) is 1.45. The Balaban J connectivity index is 2.45. The minimum absolute atomic E-state index is 0.348. The summed E-state index contributed by atoms with van der Waals surface area (Å²) in [7, 11) is 5.17. The van der Waals surface area contributed by atoms with Gasteiger partial charge in [0.2, 0.25) is 0 Å². The molecule has 0 radical (unpaired) electrons. The van der Waals surface area contributed by atoms with Gasteiger partial charge in [-0.15, -0.1) is 0 Å². The van der Waals surface area contributed by atoms with E-state index in [1.807, 2.05) is 14.1 Å². The molecule has 2 rings (SSSR count). The van der Waals surface area contributed by atoms with Crippen molar-refractivity contribution in [2.45, 2.75) is 0 Å². The summed E-state index contributed by atoms with van der Waals surface area (Å²) < 4.78 is 10.3. The molecule has 0 spiro atoms. The first-order chi connectivity index (χ1) is 8.63. The molecule has 0 unspecified atom stereocenters. The van der Waals surface area contributed by atoms with E-state index >= 15 is 0 Å². The highest BCUT2D eigenvalue weighted by Gasteiger charge is 2.12. The fourth-order valence-corrected chi connectivity index (χ4v) is 1.45. The van der Waals surface area contributed by atoms with Crippen molar-refractivity contribution in [3.05, 3.63) is 23.8 Å². The van der Waals surface area contributed by atoms with Crippen LogP contribution >= 0.6 is 0 Å². The molecule has 1 aromatic heterocycles. The second-order valence-corrected chi connectivity index (χ2v) is 3.91. The third-order valence-corrected chi connectivity index (χ3v) is 2.36. The zero-order valence-electron chi connectivity index (χ0n) is 10.4. The number of rotatable bonds is 4. The van der Waals surface area contributed by atoms with Gasteiger partial charge in [-0.3, -0.25) is 4.79 Å². The molecule has 0 aliphatic rings. The maximum atomic E-state index is 10.8. The first-order valence-electron chi connectivity index (χ1n) is 5.29. The lowest BCUT2D eigenvalue weighted by Gasteiger charge is -2.03. The van der Waals surface area contributed by atoms with Crippen LogP contribution in [0.3, 0.4) is 0 Å². The summed E-state index contributed by atoms with van der Waals surface area (Å²) in [6, 6.07) is 5.04. The summed E-state index contributed by atoms with van der Waals surface area (Å²) in [5.41, 5.74) is 1.14. The molecule has 2 aromatic rings. The molecular formula is C12H13N3O3. The van der Waals surface area contributed by atoms with Crippen molar-refractivity contribution < 1.29 is 14.1 Å². The van der Waals surface area contributed by atoms with E-state index in [9.17, 15) is 4.79 Å². The van der Waals surface area contributed by atoms with Gasteiger partial charge in [-0.05, 0) is 23.4 Å². The number of hydrogen-bond donors (Lipinski definition) is 0. The van der Waals surface area contributed by atoms with Crippen LogP contribution in [0.25, 0.3) is 11.5 Å². The number of aromatic nitrogens is 2. The number of aldehydes is 1. The van der Waals surface area contributed by atoms with Gasteiger partial charge in [-0.25, -0.2) is 0 Å². The molecule has 0 fully saturated rings. The SMILES string of the molecule is COc1cc(C=O)cc(-c2nc(N(C)C)no2)c1. The van der Waals surface area contributed by atoms with Gasteiger partial charge in [0, 0.05) is 25.2 Å². The van der Waals surface area contributed by atoms with E-state index in [2.05, 4.69) is 10.1 Å². The van der Waals surface area contributed by atoms with Gasteiger partial charge in [0.05, 0.1) is 7.11 Å². The fraction of sp³-hybridized carbons (Fsp3) is 0.250. The molecule has 0 aliphatic carbocycles. The Kier molecular flexibility index (Phi) is 3.27. The van der Waals surface area contributed by atoms with Crippen molar-refractivity contribution in [3.8, 4) is 17.2 Å². The Morgan fingerprint density at radius 3 is 2.67 bits per heavy atom. The van der Waals surface area contributed by atoms with E-state index in [1.54, 1.807) is 23.1 Å². The van der Waals surface area contributed by atoms with Crippen LogP contribution in [0.2, 0.25) is 0 Å². The van der Waals surface area contributed by atoms with Crippen molar-refractivity contribution in [2.75, 3.05) is 26.1 Å². The highest BCUT2D eigenvalue weighted by atomic mass is 16.5. The standard InChI is InChI=1S/C12H13N3O3/c1-15(2)12-13-11(18-14-12)9-4-8(7-16)5-10(6-9)17-3/h4-7H,1-3H3.